The van der Waals surface area contributed by atoms with E-state index in [2.05, 4.69) is 5.32 Å². The van der Waals surface area contributed by atoms with Gasteiger partial charge in [-0.25, -0.2) is 4.39 Å². The fraction of sp³-hybridized carbons (Fsp3) is 0.235. The number of amides is 1. The number of halogens is 2. The Hall–Kier alpha value is -2.11. The number of carbonyl (C=O) groups is 1. The van der Waals surface area contributed by atoms with Crippen LogP contribution in [-0.2, 0) is 11.3 Å². The molecule has 6 heteroatoms. The van der Waals surface area contributed by atoms with Gasteiger partial charge < -0.3 is 15.0 Å². The molecule has 0 radical (unpaired) electrons. The van der Waals surface area contributed by atoms with Gasteiger partial charge in [0, 0.05) is 11.3 Å². The van der Waals surface area contributed by atoms with Crippen molar-refractivity contribution in [3.05, 3.63) is 58.9 Å². The predicted molar refractivity (Wildman–Crippen MR) is 88.5 cm³/mol. The van der Waals surface area contributed by atoms with Crippen LogP contribution in [0.25, 0.3) is 0 Å². The molecule has 0 spiro atoms. The average Bonchev–Trinajstić information content (AvgIpc) is 2.49. The molecule has 0 saturated heterocycles. The van der Waals surface area contributed by atoms with Gasteiger partial charge in [0.25, 0.3) is 5.91 Å². The van der Waals surface area contributed by atoms with Crippen molar-refractivity contribution >= 4 is 23.2 Å². The van der Waals surface area contributed by atoms with E-state index in [0.29, 0.717) is 28.6 Å². The van der Waals surface area contributed by atoms with Crippen LogP contribution in [0.15, 0.2) is 42.5 Å². The Balaban J connectivity index is 1.91. The first-order chi connectivity index (χ1) is 11.0. The molecule has 23 heavy (non-hydrogen) atoms. The second-order valence-electron chi connectivity index (χ2n) is 5.30. The highest BCUT2D eigenvalue weighted by Crippen LogP contribution is 2.26. The number of nitrogens with one attached hydrogen (secondary N) is 2. The number of likely N-dealkylation sites (N-methyl/N-ethyl adjacent to an activating group) is 1. The molecule has 122 valence electrons. The summed E-state index contributed by atoms with van der Waals surface area (Å²) in [6, 6.07) is 11.6. The zero-order valence-corrected chi connectivity index (χ0v) is 13.8. The second-order valence-corrected chi connectivity index (χ2v) is 5.71. The summed E-state index contributed by atoms with van der Waals surface area (Å²) < 4.78 is 18.7. The zero-order chi connectivity index (χ0) is 16.8. The molecule has 1 unspecified atom stereocenters. The molecule has 1 atom stereocenters. The van der Waals surface area contributed by atoms with E-state index in [4.69, 9.17) is 16.3 Å². The maximum Gasteiger partial charge on any atom is 0.279 e. The Morgan fingerprint density at radius 2 is 2.04 bits per heavy atom. The molecule has 0 aromatic heterocycles. The summed E-state index contributed by atoms with van der Waals surface area (Å²) in [6.07, 6.45) is 0. The lowest BCUT2D eigenvalue weighted by Crippen LogP contribution is -3.08. The van der Waals surface area contributed by atoms with Crippen LogP contribution >= 0.6 is 11.6 Å². The highest BCUT2D eigenvalue weighted by atomic mass is 35.5. The lowest BCUT2D eigenvalue weighted by atomic mass is 10.2. The summed E-state index contributed by atoms with van der Waals surface area (Å²) in [6.45, 7) is 0.654. The van der Waals surface area contributed by atoms with E-state index in [1.54, 1.807) is 36.4 Å². The maximum absolute atomic E-state index is 13.6. The van der Waals surface area contributed by atoms with Gasteiger partial charge in [0.05, 0.1) is 19.2 Å². The third-order valence-electron chi connectivity index (χ3n) is 3.35. The van der Waals surface area contributed by atoms with E-state index in [0.717, 1.165) is 4.90 Å². The number of hydrogen-bond donors (Lipinski definition) is 2. The van der Waals surface area contributed by atoms with E-state index in [-0.39, 0.29) is 18.3 Å². The Labute approximate surface area is 139 Å². The largest absolute Gasteiger partial charge is 0.495 e. The number of methoxy groups -OCH3 is 1. The molecule has 0 heterocycles. The molecular weight excluding hydrogens is 319 g/mol. The number of anilines is 1. The van der Waals surface area contributed by atoms with Crippen molar-refractivity contribution < 1.29 is 18.8 Å². The number of carbonyl (C=O) groups excluding carboxylic acids is 1. The quantitative estimate of drug-likeness (QED) is 0.848. The summed E-state index contributed by atoms with van der Waals surface area (Å²) in [5, 5.41) is 3.20. The first-order valence-electron chi connectivity index (χ1n) is 7.17. The van der Waals surface area contributed by atoms with Crippen molar-refractivity contribution in [1.82, 2.24) is 0 Å². The van der Waals surface area contributed by atoms with E-state index in [1.165, 1.54) is 13.2 Å². The van der Waals surface area contributed by atoms with Gasteiger partial charge in [0.1, 0.15) is 18.1 Å². The third-order valence-corrected chi connectivity index (χ3v) is 3.64. The standard InChI is InChI=1S/C17H18ClFN2O2/c1-21(10-12-5-3-4-6-15(12)19)11-17(22)20-13-7-8-16(23-2)14(18)9-13/h3-9H,10-11H2,1-2H3,(H,20,22)/p+1. The van der Waals surface area contributed by atoms with Gasteiger partial charge in [0.15, 0.2) is 6.54 Å². The first kappa shape index (κ1) is 17.2. The normalized spacial score (nSPS) is 11.8. The number of hydrogen-bond acceptors (Lipinski definition) is 2. The minimum Gasteiger partial charge on any atom is -0.495 e. The minimum absolute atomic E-state index is 0.167. The Bertz CT molecular complexity index is 694. The van der Waals surface area contributed by atoms with Crippen LogP contribution in [-0.4, -0.2) is 26.6 Å². The van der Waals surface area contributed by atoms with Gasteiger partial charge in [-0.3, -0.25) is 4.79 Å². The minimum atomic E-state index is -0.255. The number of benzene rings is 2. The molecule has 0 saturated carbocycles. The fourth-order valence-corrected chi connectivity index (χ4v) is 2.51. The molecule has 2 aromatic carbocycles. The highest BCUT2D eigenvalue weighted by Gasteiger charge is 2.13. The lowest BCUT2D eigenvalue weighted by Gasteiger charge is -2.14. The fourth-order valence-electron chi connectivity index (χ4n) is 2.25. The summed E-state index contributed by atoms with van der Waals surface area (Å²) >= 11 is 6.02. The smallest absolute Gasteiger partial charge is 0.279 e. The van der Waals surface area contributed by atoms with E-state index >= 15 is 0 Å². The molecule has 2 N–H and O–H groups in total. The molecule has 0 aliphatic carbocycles. The van der Waals surface area contributed by atoms with Gasteiger partial charge in [-0.05, 0) is 24.3 Å². The number of quaternary nitrogens is 1. The van der Waals surface area contributed by atoms with Crippen LogP contribution < -0.4 is 15.0 Å². The van der Waals surface area contributed by atoms with Crippen molar-refractivity contribution in [2.45, 2.75) is 6.54 Å². The second kappa shape index (κ2) is 7.94. The first-order valence-corrected chi connectivity index (χ1v) is 7.55. The van der Waals surface area contributed by atoms with Crippen molar-refractivity contribution in [3.8, 4) is 5.75 Å². The van der Waals surface area contributed by atoms with E-state index in [9.17, 15) is 9.18 Å². The summed E-state index contributed by atoms with van der Waals surface area (Å²) in [5.74, 6) is 0.126. The Morgan fingerprint density at radius 3 is 2.70 bits per heavy atom. The Morgan fingerprint density at radius 1 is 1.30 bits per heavy atom. The molecule has 1 amide bonds. The van der Waals surface area contributed by atoms with Gasteiger partial charge in [-0.2, -0.15) is 0 Å². The maximum atomic E-state index is 13.6. The van der Waals surface area contributed by atoms with Crippen molar-refractivity contribution in [2.75, 3.05) is 26.0 Å². The van der Waals surface area contributed by atoms with Crippen LogP contribution in [0.4, 0.5) is 10.1 Å². The van der Waals surface area contributed by atoms with Gasteiger partial charge in [-0.15, -0.1) is 0 Å². The molecule has 2 aromatic rings. The monoisotopic (exact) mass is 337 g/mol. The van der Waals surface area contributed by atoms with Crippen LogP contribution in [0.5, 0.6) is 5.75 Å². The average molecular weight is 338 g/mol. The molecule has 0 bridgehead atoms. The SMILES string of the molecule is COc1ccc(NC(=O)C[NH+](C)Cc2ccccc2F)cc1Cl. The van der Waals surface area contributed by atoms with Gasteiger partial charge in [-0.1, -0.05) is 29.8 Å². The van der Waals surface area contributed by atoms with Gasteiger partial charge >= 0.3 is 0 Å². The van der Waals surface area contributed by atoms with Crippen LogP contribution in [0, 0.1) is 5.82 Å². The molecule has 0 fully saturated rings. The molecule has 2 rings (SSSR count). The van der Waals surface area contributed by atoms with Gasteiger partial charge in [0.2, 0.25) is 0 Å². The van der Waals surface area contributed by atoms with E-state index < -0.39 is 0 Å². The molecule has 0 aliphatic rings. The summed E-state index contributed by atoms with van der Waals surface area (Å²) in [5.41, 5.74) is 1.18. The van der Waals surface area contributed by atoms with Crippen molar-refractivity contribution in [1.29, 1.82) is 0 Å². The molecule has 4 nitrogen and oxygen atoms in total. The zero-order valence-electron chi connectivity index (χ0n) is 13.0. The predicted octanol–water partition coefficient (Wildman–Crippen LogP) is 2.14. The number of ether oxygens (including phenoxy) is 1. The Kier molecular flexibility index (Phi) is 5.96. The summed E-state index contributed by atoms with van der Waals surface area (Å²) in [4.78, 5) is 12.9. The van der Waals surface area contributed by atoms with Crippen molar-refractivity contribution in [3.63, 3.8) is 0 Å². The van der Waals surface area contributed by atoms with E-state index in [1.807, 2.05) is 7.05 Å². The molecular formula is C17H19ClFN2O2+. The lowest BCUT2D eigenvalue weighted by molar-refractivity contribution is -0.885. The third kappa shape index (κ3) is 4.94. The molecule has 0 aliphatic heterocycles. The van der Waals surface area contributed by atoms with Crippen LogP contribution in [0.1, 0.15) is 5.56 Å². The van der Waals surface area contributed by atoms with Crippen molar-refractivity contribution in [2.24, 2.45) is 0 Å². The van der Waals surface area contributed by atoms with Crippen LogP contribution in [0.2, 0.25) is 5.02 Å². The number of rotatable bonds is 6. The summed E-state index contributed by atoms with van der Waals surface area (Å²) in [7, 11) is 3.37. The topological polar surface area (TPSA) is 42.8 Å². The highest BCUT2D eigenvalue weighted by molar-refractivity contribution is 6.32. The van der Waals surface area contributed by atoms with Crippen LogP contribution in [0.3, 0.4) is 0 Å².